The number of ketones is 1. The van der Waals surface area contributed by atoms with E-state index in [2.05, 4.69) is 46.2 Å². The van der Waals surface area contributed by atoms with E-state index in [-0.39, 0.29) is 39.8 Å². The van der Waals surface area contributed by atoms with E-state index in [4.69, 9.17) is 4.74 Å². The molecule has 1 heterocycles. The van der Waals surface area contributed by atoms with Crippen LogP contribution >= 0.6 is 11.8 Å². The molecule has 4 aliphatic rings. The van der Waals surface area contributed by atoms with Crippen molar-refractivity contribution in [3.05, 3.63) is 12.7 Å². The van der Waals surface area contributed by atoms with Crippen molar-refractivity contribution in [1.29, 1.82) is 0 Å². The largest absolute Gasteiger partial charge is 0.461 e. The SMILES string of the molecule is C=CC1C[C@@H](OC(=O)CSC2(C)CCCN(C)CC2)[C@]2(C)C(C)CCC3(CCC(=O)C32)[C@@H](C)C1O. The lowest BCUT2D eigenvalue weighted by atomic mass is 9.45. The molecule has 0 aromatic heterocycles. The second kappa shape index (κ2) is 10.1. The molecule has 6 heteroatoms. The highest BCUT2D eigenvalue weighted by Crippen LogP contribution is 2.66. The van der Waals surface area contributed by atoms with Crippen LogP contribution in [0.5, 0.6) is 0 Å². The van der Waals surface area contributed by atoms with Gasteiger partial charge < -0.3 is 14.7 Å². The van der Waals surface area contributed by atoms with Gasteiger partial charge in [0.25, 0.3) is 0 Å². The minimum absolute atomic E-state index is 0.0225. The number of nitrogens with zero attached hydrogens (tertiary/aromatic N) is 1. The first-order valence-corrected chi connectivity index (χ1v) is 14.8. The average Bonchev–Trinajstić information content (AvgIpc) is 3.08. The number of thioether (sulfide) groups is 1. The Hall–Kier alpha value is -0.850. The summed E-state index contributed by atoms with van der Waals surface area (Å²) in [6.45, 7) is 15.1. The fourth-order valence-corrected chi connectivity index (χ4v) is 9.28. The summed E-state index contributed by atoms with van der Waals surface area (Å²) in [5, 5.41) is 11.4. The Bertz CT molecular complexity index is 833. The van der Waals surface area contributed by atoms with Crippen LogP contribution in [0, 0.1) is 34.5 Å². The number of carbonyl (C=O) groups excluding carboxylic acids is 2. The first kappa shape index (κ1) is 27.2. The Morgan fingerprint density at radius 2 is 1.97 bits per heavy atom. The highest BCUT2D eigenvalue weighted by molar-refractivity contribution is 8.01. The average molecular weight is 506 g/mol. The molecule has 1 saturated heterocycles. The van der Waals surface area contributed by atoms with Gasteiger partial charge in [0.2, 0.25) is 0 Å². The van der Waals surface area contributed by atoms with E-state index in [0.717, 1.165) is 51.6 Å². The van der Waals surface area contributed by atoms with Gasteiger partial charge in [-0.15, -0.1) is 18.3 Å². The van der Waals surface area contributed by atoms with Crippen molar-refractivity contribution in [3.8, 4) is 0 Å². The van der Waals surface area contributed by atoms with Gasteiger partial charge in [-0.3, -0.25) is 9.59 Å². The smallest absolute Gasteiger partial charge is 0.316 e. The van der Waals surface area contributed by atoms with E-state index < -0.39 is 17.6 Å². The number of Topliss-reactive ketones (excluding diaryl/α,β-unsaturated/α-hetero) is 1. The molecule has 0 aromatic rings. The van der Waals surface area contributed by atoms with E-state index >= 15 is 0 Å². The summed E-state index contributed by atoms with van der Waals surface area (Å²) in [5.74, 6) is 0.451. The van der Waals surface area contributed by atoms with Crippen molar-refractivity contribution in [2.24, 2.45) is 34.5 Å². The first-order valence-electron chi connectivity index (χ1n) is 13.8. The number of hydrogen-bond donors (Lipinski definition) is 1. The minimum Gasteiger partial charge on any atom is -0.461 e. The first-order chi connectivity index (χ1) is 16.5. The van der Waals surface area contributed by atoms with Crippen LogP contribution in [0.15, 0.2) is 12.7 Å². The van der Waals surface area contributed by atoms with E-state index in [9.17, 15) is 14.7 Å². The molecule has 198 valence electrons. The van der Waals surface area contributed by atoms with Crippen molar-refractivity contribution < 1.29 is 19.4 Å². The number of aliphatic hydroxyl groups is 1. The zero-order valence-electron chi connectivity index (χ0n) is 22.6. The molecule has 9 atom stereocenters. The molecule has 0 amide bonds. The van der Waals surface area contributed by atoms with Crippen molar-refractivity contribution >= 4 is 23.5 Å². The number of hydrogen-bond acceptors (Lipinski definition) is 6. The van der Waals surface area contributed by atoms with E-state index in [1.165, 1.54) is 0 Å². The molecule has 4 fully saturated rings. The highest BCUT2D eigenvalue weighted by Gasteiger charge is 2.67. The number of likely N-dealkylation sites (tertiary alicyclic amines) is 1. The van der Waals surface area contributed by atoms with Gasteiger partial charge in [-0.2, -0.15) is 0 Å². The zero-order valence-corrected chi connectivity index (χ0v) is 23.4. The van der Waals surface area contributed by atoms with Crippen LogP contribution < -0.4 is 0 Å². The standard InChI is InChI=1S/C29H47NO4S/c1-7-21-17-23(34-24(32)18-35-27(4)11-8-15-30(6)16-14-27)28(5)19(2)9-12-29(20(3)25(21)33)13-10-22(31)26(28)29/h7,19-21,23,25-26,33H,1,8-18H2,2-6H3/t19?,20-,21?,23+,25?,26?,27?,28-,29?/m0/s1. The molecule has 2 bridgehead atoms. The third-order valence-electron chi connectivity index (χ3n) is 10.9. The molecule has 5 nitrogen and oxygen atoms in total. The summed E-state index contributed by atoms with van der Waals surface area (Å²) in [4.78, 5) is 29.2. The maximum Gasteiger partial charge on any atom is 0.316 e. The van der Waals surface area contributed by atoms with Gasteiger partial charge in [-0.05, 0) is 82.3 Å². The molecule has 0 spiro atoms. The molecule has 4 rings (SSSR count). The molecular weight excluding hydrogens is 458 g/mol. The van der Waals surface area contributed by atoms with Crippen LogP contribution in [0.4, 0.5) is 0 Å². The Labute approximate surface area is 216 Å². The monoisotopic (exact) mass is 505 g/mol. The molecular formula is C29H47NO4S. The summed E-state index contributed by atoms with van der Waals surface area (Å²) in [7, 11) is 2.17. The minimum atomic E-state index is -0.573. The van der Waals surface area contributed by atoms with Gasteiger partial charge in [0.15, 0.2) is 0 Å². The van der Waals surface area contributed by atoms with Crippen molar-refractivity contribution in [2.75, 3.05) is 25.9 Å². The van der Waals surface area contributed by atoms with E-state index in [0.29, 0.717) is 24.4 Å². The quantitative estimate of drug-likeness (QED) is 0.414. The Kier molecular flexibility index (Phi) is 7.87. The fraction of sp³-hybridized carbons (Fsp3) is 0.862. The van der Waals surface area contributed by atoms with Gasteiger partial charge in [-0.1, -0.05) is 33.8 Å². The molecule has 3 aliphatic carbocycles. The highest BCUT2D eigenvalue weighted by atomic mass is 32.2. The number of esters is 1. The van der Waals surface area contributed by atoms with E-state index in [1.807, 2.05) is 6.08 Å². The van der Waals surface area contributed by atoms with Crippen LogP contribution in [-0.2, 0) is 14.3 Å². The molecule has 1 N–H and O–H groups in total. The van der Waals surface area contributed by atoms with Crippen LogP contribution in [0.3, 0.4) is 0 Å². The molecule has 6 unspecified atom stereocenters. The third-order valence-corrected chi connectivity index (χ3v) is 12.4. The summed E-state index contributed by atoms with van der Waals surface area (Å²) >= 11 is 1.73. The lowest BCUT2D eigenvalue weighted by Crippen LogP contribution is -2.61. The summed E-state index contributed by atoms with van der Waals surface area (Å²) in [6, 6.07) is 0. The summed E-state index contributed by atoms with van der Waals surface area (Å²) in [5.41, 5.74) is -0.630. The number of aliphatic hydroxyl groups excluding tert-OH is 1. The van der Waals surface area contributed by atoms with Gasteiger partial charge >= 0.3 is 5.97 Å². The predicted molar refractivity (Wildman–Crippen MR) is 142 cm³/mol. The molecule has 35 heavy (non-hydrogen) atoms. The Morgan fingerprint density at radius 3 is 2.69 bits per heavy atom. The topological polar surface area (TPSA) is 66.8 Å². The zero-order chi connectivity index (χ0) is 25.6. The second-order valence-electron chi connectivity index (χ2n) is 12.7. The van der Waals surface area contributed by atoms with E-state index in [1.54, 1.807) is 11.8 Å². The number of rotatable bonds is 5. The summed E-state index contributed by atoms with van der Waals surface area (Å²) < 4.78 is 6.44. The maximum atomic E-state index is 13.5. The number of carbonyl (C=O) groups is 2. The second-order valence-corrected chi connectivity index (χ2v) is 14.3. The van der Waals surface area contributed by atoms with Gasteiger partial charge in [0.05, 0.1) is 11.9 Å². The number of ether oxygens (including phenoxy) is 1. The van der Waals surface area contributed by atoms with Crippen molar-refractivity contribution in [1.82, 2.24) is 4.90 Å². The maximum absolute atomic E-state index is 13.5. The van der Waals surface area contributed by atoms with Gasteiger partial charge in [-0.25, -0.2) is 0 Å². The van der Waals surface area contributed by atoms with Crippen LogP contribution in [-0.4, -0.2) is 64.6 Å². The molecule has 0 aromatic carbocycles. The van der Waals surface area contributed by atoms with Crippen molar-refractivity contribution in [2.45, 2.75) is 96.0 Å². The Morgan fingerprint density at radius 1 is 1.23 bits per heavy atom. The normalized spacial score (nSPS) is 46.7. The molecule has 1 aliphatic heterocycles. The van der Waals surface area contributed by atoms with Crippen molar-refractivity contribution in [3.63, 3.8) is 0 Å². The third kappa shape index (κ3) is 4.77. The van der Waals surface area contributed by atoms with Crippen LogP contribution in [0.2, 0.25) is 0 Å². The van der Waals surface area contributed by atoms with Gasteiger partial charge in [0, 0.05) is 28.4 Å². The lowest BCUT2D eigenvalue weighted by molar-refractivity contribution is -0.196. The molecule has 3 saturated carbocycles. The Balaban J connectivity index is 1.58. The summed E-state index contributed by atoms with van der Waals surface area (Å²) in [6.07, 6.45) is 8.12. The fourth-order valence-electron chi connectivity index (χ4n) is 8.22. The van der Waals surface area contributed by atoms with Crippen LogP contribution in [0.1, 0.15) is 79.1 Å². The lowest BCUT2D eigenvalue weighted by Gasteiger charge is -2.60. The predicted octanol–water partition coefficient (Wildman–Crippen LogP) is 5.11. The van der Waals surface area contributed by atoms with Gasteiger partial charge in [0.1, 0.15) is 11.9 Å². The van der Waals surface area contributed by atoms with Crippen LogP contribution in [0.25, 0.3) is 0 Å². The molecule has 0 radical (unpaired) electrons.